The van der Waals surface area contributed by atoms with E-state index >= 15 is 0 Å². The number of benzene rings is 3. The number of aryl methyl sites for hydroxylation is 3. The number of amides is 2. The normalized spacial score (nSPS) is 17.7. The van der Waals surface area contributed by atoms with Crippen LogP contribution in [0.1, 0.15) is 41.1 Å². The quantitative estimate of drug-likeness (QED) is 0.496. The summed E-state index contributed by atoms with van der Waals surface area (Å²) in [6.07, 6.45) is 0.750. The number of anilines is 2. The van der Waals surface area contributed by atoms with Gasteiger partial charge in [0.1, 0.15) is 0 Å². The van der Waals surface area contributed by atoms with E-state index in [1.54, 1.807) is 19.1 Å². The Hall–Kier alpha value is -3.80. The summed E-state index contributed by atoms with van der Waals surface area (Å²) in [5, 5.41) is 3.09. The van der Waals surface area contributed by atoms with Crippen LogP contribution in [0.5, 0.6) is 11.5 Å². The molecule has 0 bridgehead atoms. The lowest BCUT2D eigenvalue weighted by Gasteiger charge is -2.41. The Balaban J connectivity index is 1.77. The van der Waals surface area contributed by atoms with Crippen LogP contribution in [0.3, 0.4) is 0 Å². The molecule has 1 saturated heterocycles. The minimum atomic E-state index is -0.495. The highest BCUT2D eigenvalue weighted by atomic mass is 16.5. The van der Waals surface area contributed by atoms with Gasteiger partial charge in [-0.25, -0.2) is 0 Å². The molecule has 0 aromatic heterocycles. The van der Waals surface area contributed by atoms with Gasteiger partial charge in [0.15, 0.2) is 11.5 Å². The molecule has 182 valence electrons. The van der Waals surface area contributed by atoms with Crippen molar-refractivity contribution >= 4 is 23.2 Å². The Kier molecular flexibility index (Phi) is 7.10. The van der Waals surface area contributed by atoms with E-state index in [-0.39, 0.29) is 11.8 Å². The van der Waals surface area contributed by atoms with E-state index in [9.17, 15) is 9.59 Å². The molecule has 1 N–H and O–H groups in total. The first-order valence-electron chi connectivity index (χ1n) is 11.8. The van der Waals surface area contributed by atoms with E-state index in [1.807, 2.05) is 81.4 Å². The summed E-state index contributed by atoms with van der Waals surface area (Å²) < 4.78 is 11.0. The molecule has 6 nitrogen and oxygen atoms in total. The highest BCUT2D eigenvalue weighted by molar-refractivity contribution is 6.00. The Bertz CT molecular complexity index is 1240. The predicted octanol–water partition coefficient (Wildman–Crippen LogP) is 5.75. The molecule has 2 amide bonds. The van der Waals surface area contributed by atoms with E-state index in [0.29, 0.717) is 24.3 Å². The van der Waals surface area contributed by atoms with Crippen LogP contribution in [-0.4, -0.2) is 26.0 Å². The number of hydrogen-bond donors (Lipinski definition) is 1. The van der Waals surface area contributed by atoms with Crippen molar-refractivity contribution in [3.63, 3.8) is 0 Å². The number of piperidine rings is 1. The van der Waals surface area contributed by atoms with Gasteiger partial charge >= 0.3 is 0 Å². The van der Waals surface area contributed by atoms with Crippen molar-refractivity contribution in [2.75, 3.05) is 24.4 Å². The number of hydrogen-bond acceptors (Lipinski definition) is 4. The Labute approximate surface area is 206 Å². The lowest BCUT2D eigenvalue weighted by atomic mass is 9.83. The zero-order valence-corrected chi connectivity index (χ0v) is 20.9. The maximum Gasteiger partial charge on any atom is 0.229 e. The van der Waals surface area contributed by atoms with E-state index in [4.69, 9.17) is 9.47 Å². The standard InChI is InChI=1S/C29H32N2O4/c1-18-6-11-23(12-7-18)31-27(32)15-13-24(29(33)30-22-10-8-19(2)20(3)16-22)28(31)21-9-14-25(34-4)26(17-21)35-5/h6-12,14,16-17,24,28H,13,15H2,1-5H3,(H,30,33)/t24-,28+/m1/s1. The zero-order valence-electron chi connectivity index (χ0n) is 20.9. The minimum absolute atomic E-state index is 0.0103. The van der Waals surface area contributed by atoms with Gasteiger partial charge in [0.25, 0.3) is 0 Å². The molecular weight excluding hydrogens is 440 g/mol. The number of methoxy groups -OCH3 is 2. The molecule has 6 heteroatoms. The van der Waals surface area contributed by atoms with E-state index in [0.717, 1.165) is 28.1 Å². The summed E-state index contributed by atoms with van der Waals surface area (Å²) in [5.41, 5.74) is 5.72. The molecule has 2 atom stereocenters. The number of ether oxygens (including phenoxy) is 2. The molecule has 1 aliphatic heterocycles. The van der Waals surface area contributed by atoms with Crippen LogP contribution >= 0.6 is 0 Å². The molecule has 1 heterocycles. The van der Waals surface area contributed by atoms with Gasteiger partial charge in [0, 0.05) is 17.8 Å². The average molecular weight is 473 g/mol. The lowest BCUT2D eigenvalue weighted by Crippen LogP contribution is -2.47. The van der Waals surface area contributed by atoms with Gasteiger partial charge in [-0.2, -0.15) is 0 Å². The number of carbonyl (C=O) groups excluding carboxylic acids is 2. The first-order chi connectivity index (χ1) is 16.8. The third-order valence-electron chi connectivity index (χ3n) is 6.77. The molecule has 3 aromatic carbocycles. The van der Waals surface area contributed by atoms with Crippen molar-refractivity contribution in [1.29, 1.82) is 0 Å². The lowest BCUT2D eigenvalue weighted by molar-refractivity contribution is -0.125. The molecule has 3 aromatic rings. The van der Waals surface area contributed by atoms with Crippen LogP contribution in [0.4, 0.5) is 11.4 Å². The molecule has 1 fully saturated rings. The second-order valence-electron chi connectivity index (χ2n) is 9.09. The van der Waals surface area contributed by atoms with Crippen LogP contribution in [0, 0.1) is 26.7 Å². The van der Waals surface area contributed by atoms with Gasteiger partial charge in [0.05, 0.1) is 26.2 Å². The molecular formula is C29H32N2O4. The fourth-order valence-corrected chi connectivity index (χ4v) is 4.65. The molecule has 0 spiro atoms. The average Bonchev–Trinajstić information content (AvgIpc) is 2.86. The molecule has 0 aliphatic carbocycles. The Morgan fingerprint density at radius 1 is 0.886 bits per heavy atom. The highest BCUT2D eigenvalue weighted by Gasteiger charge is 2.41. The van der Waals surface area contributed by atoms with Crippen molar-refractivity contribution in [2.45, 2.75) is 39.7 Å². The zero-order chi connectivity index (χ0) is 25.1. The van der Waals surface area contributed by atoms with Gasteiger partial charge < -0.3 is 19.7 Å². The number of carbonyl (C=O) groups is 2. The smallest absolute Gasteiger partial charge is 0.229 e. The van der Waals surface area contributed by atoms with Gasteiger partial charge in [-0.3, -0.25) is 9.59 Å². The van der Waals surface area contributed by atoms with Crippen molar-refractivity contribution in [3.05, 3.63) is 82.9 Å². The maximum absolute atomic E-state index is 13.7. The minimum Gasteiger partial charge on any atom is -0.493 e. The van der Waals surface area contributed by atoms with Crippen molar-refractivity contribution < 1.29 is 19.1 Å². The SMILES string of the molecule is COc1ccc([C@H]2[C@H](C(=O)Nc3ccc(C)c(C)c3)CCC(=O)N2c2ccc(C)cc2)cc1OC. The van der Waals surface area contributed by atoms with E-state index in [2.05, 4.69) is 5.32 Å². The monoisotopic (exact) mass is 472 g/mol. The third kappa shape index (κ3) is 5.02. The topological polar surface area (TPSA) is 67.9 Å². The second kappa shape index (κ2) is 10.2. The van der Waals surface area contributed by atoms with E-state index < -0.39 is 12.0 Å². The van der Waals surface area contributed by atoms with Gasteiger partial charge in [0.2, 0.25) is 11.8 Å². The second-order valence-corrected chi connectivity index (χ2v) is 9.09. The number of nitrogens with one attached hydrogen (secondary N) is 1. The molecule has 0 radical (unpaired) electrons. The van der Waals surface area contributed by atoms with Crippen LogP contribution in [-0.2, 0) is 9.59 Å². The molecule has 1 aliphatic rings. The van der Waals surface area contributed by atoms with Crippen LogP contribution in [0.15, 0.2) is 60.7 Å². The largest absolute Gasteiger partial charge is 0.493 e. The summed E-state index contributed by atoms with van der Waals surface area (Å²) in [6.45, 7) is 6.07. The Morgan fingerprint density at radius 3 is 2.26 bits per heavy atom. The first-order valence-corrected chi connectivity index (χ1v) is 11.8. The van der Waals surface area contributed by atoms with E-state index in [1.165, 1.54) is 5.56 Å². The summed E-state index contributed by atoms with van der Waals surface area (Å²) in [5.74, 6) is 0.576. The molecule has 4 rings (SSSR count). The molecule has 35 heavy (non-hydrogen) atoms. The summed E-state index contributed by atoms with van der Waals surface area (Å²) in [6, 6.07) is 18.8. The van der Waals surface area contributed by atoms with Crippen LogP contribution < -0.4 is 19.7 Å². The van der Waals surface area contributed by atoms with Crippen molar-refractivity contribution in [3.8, 4) is 11.5 Å². The van der Waals surface area contributed by atoms with Crippen LogP contribution in [0.2, 0.25) is 0 Å². The predicted molar refractivity (Wildman–Crippen MR) is 138 cm³/mol. The maximum atomic E-state index is 13.7. The highest BCUT2D eigenvalue weighted by Crippen LogP contribution is 2.43. The third-order valence-corrected chi connectivity index (χ3v) is 6.77. The van der Waals surface area contributed by atoms with Crippen LogP contribution in [0.25, 0.3) is 0 Å². The fourth-order valence-electron chi connectivity index (χ4n) is 4.65. The molecule has 0 saturated carbocycles. The van der Waals surface area contributed by atoms with Gasteiger partial charge in [-0.15, -0.1) is 0 Å². The van der Waals surface area contributed by atoms with Gasteiger partial charge in [-0.05, 0) is 80.3 Å². The summed E-state index contributed by atoms with van der Waals surface area (Å²) in [7, 11) is 3.16. The fraction of sp³-hybridized carbons (Fsp3) is 0.310. The first kappa shape index (κ1) is 24.3. The number of rotatable bonds is 6. The van der Waals surface area contributed by atoms with Gasteiger partial charge in [-0.1, -0.05) is 29.8 Å². The Morgan fingerprint density at radius 2 is 1.60 bits per heavy atom. The summed E-state index contributed by atoms with van der Waals surface area (Å²) in [4.78, 5) is 28.7. The summed E-state index contributed by atoms with van der Waals surface area (Å²) >= 11 is 0. The number of nitrogens with zero attached hydrogens (tertiary/aromatic N) is 1. The van der Waals surface area contributed by atoms with Crippen molar-refractivity contribution in [1.82, 2.24) is 0 Å². The van der Waals surface area contributed by atoms with Crippen molar-refractivity contribution in [2.24, 2.45) is 5.92 Å². The molecule has 0 unspecified atom stereocenters.